The van der Waals surface area contributed by atoms with Gasteiger partial charge in [-0.3, -0.25) is 0 Å². The largest absolute Gasteiger partial charge is 0.456 e. The Hall–Kier alpha value is -11.0. The minimum Gasteiger partial charge on any atom is -0.456 e. The zero-order chi connectivity index (χ0) is 57.0. The topological polar surface area (TPSA) is 19.6 Å². The molecule has 0 saturated heterocycles. The van der Waals surface area contributed by atoms with Crippen LogP contribution in [0.4, 0.5) is 34.1 Å². The predicted octanol–water partition coefficient (Wildman–Crippen LogP) is 23.6. The molecule has 0 radical (unpaired) electrons. The third-order valence-electron chi connectivity index (χ3n) is 18.4. The maximum Gasteiger partial charge on any atom is 0.135 e. The van der Waals surface area contributed by atoms with E-state index in [1.54, 1.807) is 0 Å². The van der Waals surface area contributed by atoms with Gasteiger partial charge in [-0.05, 0) is 195 Å². The molecule has 0 saturated carbocycles. The van der Waals surface area contributed by atoms with Gasteiger partial charge in [0.2, 0.25) is 0 Å². The summed E-state index contributed by atoms with van der Waals surface area (Å²) >= 11 is 0. The maximum absolute atomic E-state index is 6.23. The van der Waals surface area contributed by atoms with Crippen LogP contribution in [0.2, 0.25) is 0 Å². The van der Waals surface area contributed by atoms with Gasteiger partial charge in [-0.1, -0.05) is 226 Å². The normalized spacial score (nSPS) is 12.6. The number of anilines is 6. The van der Waals surface area contributed by atoms with E-state index in [2.05, 4.69) is 315 Å². The second-order valence-corrected chi connectivity index (χ2v) is 23.6. The number of para-hydroxylation sites is 2. The molecule has 404 valence electrons. The lowest BCUT2D eigenvalue weighted by atomic mass is 9.82. The molecule has 86 heavy (non-hydrogen) atoms. The molecule has 0 spiro atoms. The lowest BCUT2D eigenvalue weighted by Gasteiger charge is -2.29. The van der Waals surface area contributed by atoms with Crippen LogP contribution in [-0.4, -0.2) is 0 Å². The zero-order valence-electron chi connectivity index (χ0n) is 47.7. The van der Waals surface area contributed by atoms with Gasteiger partial charge in [0.25, 0.3) is 0 Å². The highest BCUT2D eigenvalue weighted by molar-refractivity contribution is 6.26. The Morgan fingerprint density at radius 3 is 1.33 bits per heavy atom. The summed E-state index contributed by atoms with van der Waals surface area (Å²) in [6.07, 6.45) is 0. The van der Waals surface area contributed by atoms with Gasteiger partial charge in [0, 0.05) is 50.0 Å². The third-order valence-corrected chi connectivity index (χ3v) is 18.4. The Balaban J connectivity index is 0.770. The van der Waals surface area contributed by atoms with Crippen molar-refractivity contribution in [3.8, 4) is 44.5 Å². The molecule has 0 fully saturated rings. The minimum atomic E-state index is -0.311. The van der Waals surface area contributed by atoms with Crippen molar-refractivity contribution in [3.05, 3.63) is 314 Å². The summed E-state index contributed by atoms with van der Waals surface area (Å²) in [4.78, 5) is 4.86. The Morgan fingerprint density at radius 2 is 0.674 bits per heavy atom. The number of furan rings is 1. The van der Waals surface area contributed by atoms with Crippen molar-refractivity contribution >= 4 is 110 Å². The summed E-state index contributed by atoms with van der Waals surface area (Å²) in [5, 5.41) is 14.8. The summed E-state index contributed by atoms with van der Waals surface area (Å²) in [6.45, 7) is 4.79. The van der Waals surface area contributed by atoms with Gasteiger partial charge in [0.15, 0.2) is 0 Å². The average Bonchev–Trinajstić information content (AvgIpc) is 1.91. The van der Waals surface area contributed by atoms with Crippen LogP contribution in [0.1, 0.15) is 25.0 Å². The van der Waals surface area contributed by atoms with Gasteiger partial charge < -0.3 is 14.2 Å². The van der Waals surface area contributed by atoms with Gasteiger partial charge in [-0.25, -0.2) is 0 Å². The Labute approximate surface area is 499 Å². The molecule has 0 amide bonds. The Morgan fingerprint density at radius 1 is 0.244 bits per heavy atom. The maximum atomic E-state index is 6.23. The molecule has 1 aromatic heterocycles. The summed E-state index contributed by atoms with van der Waals surface area (Å²) in [5.74, 6) is 0. The van der Waals surface area contributed by atoms with Gasteiger partial charge in [-0.15, -0.1) is 0 Å². The lowest BCUT2D eigenvalue weighted by Crippen LogP contribution is -2.17. The van der Waals surface area contributed by atoms with Crippen molar-refractivity contribution < 1.29 is 4.42 Å². The van der Waals surface area contributed by atoms with Crippen LogP contribution < -0.4 is 9.80 Å². The van der Waals surface area contributed by atoms with E-state index < -0.39 is 0 Å². The summed E-state index contributed by atoms with van der Waals surface area (Å²) in [7, 11) is 0. The van der Waals surface area contributed by atoms with E-state index >= 15 is 0 Å². The van der Waals surface area contributed by atoms with E-state index in [0.29, 0.717) is 0 Å². The molecular weight excluding hydrogens is 1040 g/mol. The van der Waals surface area contributed by atoms with Crippen LogP contribution >= 0.6 is 0 Å². The van der Waals surface area contributed by atoms with Crippen molar-refractivity contribution in [2.24, 2.45) is 0 Å². The highest BCUT2D eigenvalue weighted by atomic mass is 16.3. The highest BCUT2D eigenvalue weighted by Crippen LogP contribution is 2.53. The first-order valence-electron chi connectivity index (χ1n) is 29.8. The summed E-state index contributed by atoms with van der Waals surface area (Å²) in [6, 6.07) is 112. The van der Waals surface area contributed by atoms with Crippen molar-refractivity contribution in [3.63, 3.8) is 0 Å². The van der Waals surface area contributed by atoms with Crippen LogP contribution in [0.3, 0.4) is 0 Å². The quantitative estimate of drug-likeness (QED) is 0.134. The van der Waals surface area contributed by atoms with Gasteiger partial charge in [0.05, 0.1) is 5.69 Å². The molecule has 17 rings (SSSR count). The van der Waals surface area contributed by atoms with E-state index in [4.69, 9.17) is 4.42 Å². The standard InChI is InChI=1S/C83H56N2O/c1-83(2)78-51-61(41-44-73(78)74-45-42-62(52-79(74)83)85(58-19-4-3-5-20-58)80-29-16-18-54-17-6-7-21-65(54)80)84(59-37-31-53(32-38-59)56-35-43-72-70-26-11-10-24-68(70)69-25-12-13-27-71(69)76(72)49-56)60-39-33-55(34-40-60)63-46-47-64(67-23-9-8-22-66(63)67)57-36-48-82-77(50-57)75-28-14-15-30-81(75)86-82/h3-52H,1-2H3. The fourth-order valence-corrected chi connectivity index (χ4v) is 14.2. The molecule has 0 bridgehead atoms. The number of fused-ring (bicyclic) bond motifs is 14. The molecular formula is C83H56N2O. The number of benzene rings is 15. The lowest BCUT2D eigenvalue weighted by molar-refractivity contribution is 0.660. The molecule has 16 aromatic rings. The van der Waals surface area contributed by atoms with Crippen LogP contribution in [0.15, 0.2) is 308 Å². The number of hydrogen-bond acceptors (Lipinski definition) is 3. The molecule has 0 aliphatic heterocycles. The molecule has 0 unspecified atom stereocenters. The second-order valence-electron chi connectivity index (χ2n) is 23.6. The third kappa shape index (κ3) is 7.89. The molecule has 1 aliphatic rings. The molecule has 1 aliphatic carbocycles. The first kappa shape index (κ1) is 49.6. The van der Waals surface area contributed by atoms with E-state index in [0.717, 1.165) is 61.6 Å². The van der Waals surface area contributed by atoms with Crippen molar-refractivity contribution in [1.29, 1.82) is 0 Å². The summed E-state index contributed by atoms with van der Waals surface area (Å²) in [5.41, 5.74) is 20.4. The molecule has 0 atom stereocenters. The molecule has 3 nitrogen and oxygen atoms in total. The van der Waals surface area contributed by atoms with Crippen molar-refractivity contribution in [2.45, 2.75) is 19.3 Å². The Bertz CT molecular complexity index is 5340. The van der Waals surface area contributed by atoms with Crippen LogP contribution in [0.25, 0.3) is 120 Å². The first-order chi connectivity index (χ1) is 42.4. The van der Waals surface area contributed by atoms with Crippen LogP contribution in [0, 0.1) is 0 Å². The molecule has 3 heteroatoms. The zero-order valence-corrected chi connectivity index (χ0v) is 47.7. The monoisotopic (exact) mass is 1100 g/mol. The van der Waals surface area contributed by atoms with Crippen molar-refractivity contribution in [1.82, 2.24) is 0 Å². The number of hydrogen-bond donors (Lipinski definition) is 0. The SMILES string of the molecule is CC1(C)c2cc(N(c3ccc(-c4ccc5c6ccccc6c6ccccc6c5c4)cc3)c3ccc(-c4ccc(-c5ccc6oc7ccccc7c6c5)c5ccccc45)cc3)ccc2-c2ccc(N(c3ccccc3)c3cccc4ccccc34)cc21. The van der Waals surface area contributed by atoms with Gasteiger partial charge in [-0.2, -0.15) is 0 Å². The highest BCUT2D eigenvalue weighted by Gasteiger charge is 2.37. The van der Waals surface area contributed by atoms with Crippen molar-refractivity contribution in [2.75, 3.05) is 9.80 Å². The molecule has 15 aromatic carbocycles. The van der Waals surface area contributed by atoms with Gasteiger partial charge >= 0.3 is 0 Å². The smallest absolute Gasteiger partial charge is 0.135 e. The number of nitrogens with zero attached hydrogens (tertiary/aromatic N) is 2. The second kappa shape index (κ2) is 19.6. The van der Waals surface area contributed by atoms with E-state index in [1.807, 2.05) is 12.1 Å². The fourth-order valence-electron chi connectivity index (χ4n) is 14.2. The average molecular weight is 1100 g/mol. The van der Waals surface area contributed by atoms with E-state index in [-0.39, 0.29) is 5.41 Å². The van der Waals surface area contributed by atoms with Crippen LogP contribution in [-0.2, 0) is 5.41 Å². The number of rotatable bonds is 9. The van der Waals surface area contributed by atoms with Gasteiger partial charge in [0.1, 0.15) is 11.2 Å². The Kier molecular flexibility index (Phi) is 11.3. The fraction of sp³-hybridized carbons (Fsp3) is 0.0361. The first-order valence-corrected chi connectivity index (χ1v) is 29.8. The van der Waals surface area contributed by atoms with Crippen LogP contribution in [0.5, 0.6) is 0 Å². The van der Waals surface area contributed by atoms with E-state index in [1.165, 1.54) is 104 Å². The predicted molar refractivity (Wildman–Crippen MR) is 364 cm³/mol. The molecule has 0 N–H and O–H groups in total. The molecule has 1 heterocycles. The minimum absolute atomic E-state index is 0.311. The summed E-state index contributed by atoms with van der Waals surface area (Å²) < 4.78 is 6.23. The van der Waals surface area contributed by atoms with E-state index in [9.17, 15) is 0 Å².